The van der Waals surface area contributed by atoms with Crippen LogP contribution >= 0.6 is 0 Å². The Bertz CT molecular complexity index is 942. The molecule has 0 spiro atoms. The molecule has 0 aromatic heterocycles. The number of carbonyl (C=O) groups excluding carboxylic acids is 1. The minimum absolute atomic E-state index is 0.00159. The first kappa shape index (κ1) is 20.3. The molecule has 150 valence electrons. The zero-order valence-electron chi connectivity index (χ0n) is 17.1. The molecule has 0 radical (unpaired) electrons. The van der Waals surface area contributed by atoms with E-state index in [0.717, 1.165) is 22.7 Å². The van der Waals surface area contributed by atoms with Gasteiger partial charge in [-0.1, -0.05) is 42.5 Å². The van der Waals surface area contributed by atoms with Crippen molar-refractivity contribution in [2.75, 3.05) is 29.2 Å². The third-order valence-electron chi connectivity index (χ3n) is 4.54. The van der Waals surface area contributed by atoms with Gasteiger partial charge in [-0.15, -0.1) is 0 Å². The summed E-state index contributed by atoms with van der Waals surface area (Å²) < 4.78 is 5.45. The van der Waals surface area contributed by atoms with E-state index in [-0.39, 0.29) is 18.5 Å². The third-order valence-corrected chi connectivity index (χ3v) is 4.54. The fraction of sp³-hybridized carbons (Fsp3) is 0.208. The van der Waals surface area contributed by atoms with Gasteiger partial charge in [0.2, 0.25) is 5.91 Å². The first-order valence-electron chi connectivity index (χ1n) is 9.70. The van der Waals surface area contributed by atoms with E-state index in [0.29, 0.717) is 5.75 Å². The number of benzene rings is 3. The van der Waals surface area contributed by atoms with Crippen LogP contribution < -0.4 is 20.3 Å². The highest BCUT2D eigenvalue weighted by Crippen LogP contribution is 2.30. The molecule has 0 heterocycles. The summed E-state index contributed by atoms with van der Waals surface area (Å²) in [6, 6.07) is 25.4. The molecule has 5 heteroatoms. The normalized spacial score (nSPS) is 10.5. The summed E-state index contributed by atoms with van der Waals surface area (Å²) >= 11 is 0. The molecule has 5 nitrogen and oxygen atoms in total. The molecule has 0 aliphatic rings. The minimum Gasteiger partial charge on any atom is -0.495 e. The van der Waals surface area contributed by atoms with Crippen LogP contribution in [0.5, 0.6) is 5.75 Å². The Morgan fingerprint density at radius 1 is 0.897 bits per heavy atom. The van der Waals surface area contributed by atoms with E-state index in [1.54, 1.807) is 12.0 Å². The Morgan fingerprint density at radius 3 is 2.21 bits per heavy atom. The van der Waals surface area contributed by atoms with Crippen molar-refractivity contribution >= 4 is 28.7 Å². The second-order valence-corrected chi connectivity index (χ2v) is 6.92. The highest BCUT2D eigenvalue weighted by Gasteiger charge is 2.22. The molecule has 29 heavy (non-hydrogen) atoms. The number of ether oxygens (including phenoxy) is 1. The Labute approximate surface area is 172 Å². The summed E-state index contributed by atoms with van der Waals surface area (Å²) in [5, 5.41) is 6.67. The highest BCUT2D eigenvalue weighted by molar-refractivity contribution is 5.98. The maximum Gasteiger partial charge on any atom is 0.246 e. The molecule has 0 bridgehead atoms. The van der Waals surface area contributed by atoms with Crippen LogP contribution in [0.25, 0.3) is 0 Å². The predicted molar refractivity (Wildman–Crippen MR) is 120 cm³/mol. The van der Waals surface area contributed by atoms with Gasteiger partial charge in [0.1, 0.15) is 5.75 Å². The smallest absolute Gasteiger partial charge is 0.246 e. The number of carbonyl (C=O) groups is 1. The van der Waals surface area contributed by atoms with Gasteiger partial charge in [-0.05, 0) is 50.2 Å². The summed E-state index contributed by atoms with van der Waals surface area (Å²) in [7, 11) is 1.62. The van der Waals surface area contributed by atoms with E-state index in [9.17, 15) is 4.79 Å². The minimum atomic E-state index is -0.0287. The van der Waals surface area contributed by atoms with Gasteiger partial charge in [0, 0.05) is 11.7 Å². The SMILES string of the molecule is COc1ccccc1N(C(=O)CNc1ccccc1Nc1ccccc1)C(C)C. The number of hydrogen-bond acceptors (Lipinski definition) is 4. The number of amides is 1. The number of hydrogen-bond donors (Lipinski definition) is 2. The topological polar surface area (TPSA) is 53.6 Å². The van der Waals surface area contributed by atoms with E-state index < -0.39 is 0 Å². The van der Waals surface area contributed by atoms with Crippen LogP contribution in [-0.2, 0) is 4.79 Å². The lowest BCUT2D eigenvalue weighted by atomic mass is 10.2. The molecule has 3 aromatic rings. The van der Waals surface area contributed by atoms with Crippen molar-refractivity contribution in [3.8, 4) is 5.75 Å². The quantitative estimate of drug-likeness (QED) is 0.549. The zero-order chi connectivity index (χ0) is 20.6. The van der Waals surface area contributed by atoms with E-state index in [2.05, 4.69) is 10.6 Å². The van der Waals surface area contributed by atoms with Crippen molar-refractivity contribution < 1.29 is 9.53 Å². The van der Waals surface area contributed by atoms with Crippen molar-refractivity contribution in [1.29, 1.82) is 0 Å². The van der Waals surface area contributed by atoms with Crippen molar-refractivity contribution in [3.05, 3.63) is 78.9 Å². The van der Waals surface area contributed by atoms with E-state index >= 15 is 0 Å². The molecule has 0 saturated carbocycles. The van der Waals surface area contributed by atoms with Gasteiger partial charge in [-0.2, -0.15) is 0 Å². The lowest BCUT2D eigenvalue weighted by Gasteiger charge is -2.28. The molecule has 1 amide bonds. The molecular weight excluding hydrogens is 362 g/mol. The zero-order valence-corrected chi connectivity index (χ0v) is 17.1. The average molecular weight is 389 g/mol. The molecule has 0 aliphatic carbocycles. The maximum atomic E-state index is 13.1. The van der Waals surface area contributed by atoms with Gasteiger partial charge in [0.05, 0.1) is 30.7 Å². The molecule has 3 aromatic carbocycles. The van der Waals surface area contributed by atoms with Crippen LogP contribution in [0.1, 0.15) is 13.8 Å². The second-order valence-electron chi connectivity index (χ2n) is 6.92. The van der Waals surface area contributed by atoms with Crippen LogP contribution in [0.15, 0.2) is 78.9 Å². The van der Waals surface area contributed by atoms with Gasteiger partial charge in [-0.3, -0.25) is 4.79 Å². The Balaban J connectivity index is 1.76. The van der Waals surface area contributed by atoms with Gasteiger partial charge in [-0.25, -0.2) is 0 Å². The van der Waals surface area contributed by atoms with Gasteiger partial charge in [0.25, 0.3) is 0 Å². The van der Waals surface area contributed by atoms with E-state index in [1.165, 1.54) is 0 Å². The molecule has 3 rings (SSSR count). The molecule has 0 unspecified atom stereocenters. The van der Waals surface area contributed by atoms with E-state index in [4.69, 9.17) is 4.74 Å². The summed E-state index contributed by atoms with van der Waals surface area (Å²) in [5.74, 6) is 0.653. The van der Waals surface area contributed by atoms with Gasteiger partial charge < -0.3 is 20.3 Å². The van der Waals surface area contributed by atoms with Gasteiger partial charge >= 0.3 is 0 Å². The number of nitrogens with zero attached hydrogens (tertiary/aromatic N) is 1. The molecule has 0 fully saturated rings. The van der Waals surface area contributed by atoms with Crippen LogP contribution in [-0.4, -0.2) is 25.6 Å². The first-order chi connectivity index (χ1) is 14.1. The Kier molecular flexibility index (Phi) is 6.74. The number of methoxy groups -OCH3 is 1. The lowest BCUT2D eigenvalue weighted by Crippen LogP contribution is -2.40. The monoisotopic (exact) mass is 389 g/mol. The number of nitrogens with one attached hydrogen (secondary N) is 2. The molecule has 0 saturated heterocycles. The van der Waals surface area contributed by atoms with Crippen molar-refractivity contribution in [1.82, 2.24) is 0 Å². The van der Waals surface area contributed by atoms with Crippen molar-refractivity contribution in [2.24, 2.45) is 0 Å². The maximum absolute atomic E-state index is 13.1. The average Bonchev–Trinajstić information content (AvgIpc) is 2.74. The summed E-state index contributed by atoms with van der Waals surface area (Å²) in [6.45, 7) is 4.16. The molecule has 0 aliphatic heterocycles. The predicted octanol–water partition coefficient (Wildman–Crippen LogP) is 5.29. The fourth-order valence-electron chi connectivity index (χ4n) is 3.21. The number of rotatable bonds is 8. The van der Waals surface area contributed by atoms with Crippen molar-refractivity contribution in [2.45, 2.75) is 19.9 Å². The Morgan fingerprint density at radius 2 is 1.52 bits per heavy atom. The Hall–Kier alpha value is -3.47. The van der Waals surface area contributed by atoms with Crippen molar-refractivity contribution in [3.63, 3.8) is 0 Å². The molecular formula is C24H27N3O2. The van der Waals surface area contributed by atoms with Gasteiger partial charge in [0.15, 0.2) is 0 Å². The summed E-state index contributed by atoms with van der Waals surface area (Å²) in [6.07, 6.45) is 0. The fourth-order valence-corrected chi connectivity index (χ4v) is 3.21. The lowest BCUT2D eigenvalue weighted by molar-refractivity contribution is -0.117. The molecule has 2 N–H and O–H groups in total. The number of para-hydroxylation sites is 5. The van der Waals surface area contributed by atoms with E-state index in [1.807, 2.05) is 92.7 Å². The second kappa shape index (κ2) is 9.64. The molecule has 0 atom stereocenters. The van der Waals surface area contributed by atoms with Crippen LogP contribution in [0, 0.1) is 0 Å². The van der Waals surface area contributed by atoms with Crippen LogP contribution in [0.4, 0.5) is 22.7 Å². The summed E-state index contributed by atoms with van der Waals surface area (Å²) in [5.41, 5.74) is 3.55. The van der Waals surface area contributed by atoms with Crippen LogP contribution in [0.3, 0.4) is 0 Å². The largest absolute Gasteiger partial charge is 0.495 e. The summed E-state index contributed by atoms with van der Waals surface area (Å²) in [4.78, 5) is 14.8. The first-order valence-corrected chi connectivity index (χ1v) is 9.70. The highest BCUT2D eigenvalue weighted by atomic mass is 16.5. The number of anilines is 4. The third kappa shape index (κ3) is 5.08. The standard InChI is InChI=1S/C24H27N3O2/c1-18(2)27(22-15-9-10-16-23(22)29-3)24(28)17-25-20-13-7-8-14-21(20)26-19-11-5-4-6-12-19/h4-16,18,25-26H,17H2,1-3H3. The van der Waals surface area contributed by atoms with Crippen LogP contribution in [0.2, 0.25) is 0 Å².